The fraction of sp³-hybridized carbons (Fsp3) is 0.158. The van der Waals surface area contributed by atoms with Gasteiger partial charge in [-0.25, -0.2) is 0 Å². The fourth-order valence-corrected chi connectivity index (χ4v) is 3.26. The number of benzene rings is 2. The highest BCUT2D eigenvalue weighted by Gasteiger charge is 2.51. The summed E-state index contributed by atoms with van der Waals surface area (Å²) in [6.07, 6.45) is 3.55. The molecule has 0 spiro atoms. The van der Waals surface area contributed by atoms with Crippen LogP contribution in [0.1, 0.15) is 18.4 Å². The SMILES string of the molecule is O=C(Nc1cccc2ncccc12)C1(c2ccc(Br)cc2)CC1. The van der Waals surface area contributed by atoms with Gasteiger partial charge < -0.3 is 5.32 Å². The number of amides is 1. The zero-order chi connectivity index (χ0) is 15.9. The molecule has 1 saturated carbocycles. The lowest BCUT2D eigenvalue weighted by Crippen LogP contribution is -2.27. The Morgan fingerprint density at radius 3 is 2.57 bits per heavy atom. The van der Waals surface area contributed by atoms with Crippen molar-refractivity contribution in [1.82, 2.24) is 4.98 Å². The summed E-state index contributed by atoms with van der Waals surface area (Å²) in [6.45, 7) is 0. The van der Waals surface area contributed by atoms with Crippen LogP contribution in [0.3, 0.4) is 0 Å². The first-order valence-corrected chi connectivity index (χ1v) is 8.40. The van der Waals surface area contributed by atoms with Crippen molar-refractivity contribution in [2.75, 3.05) is 5.32 Å². The Labute approximate surface area is 142 Å². The van der Waals surface area contributed by atoms with Crippen molar-refractivity contribution in [3.63, 3.8) is 0 Å². The van der Waals surface area contributed by atoms with Crippen LogP contribution in [0.5, 0.6) is 0 Å². The third-order valence-corrected chi connectivity index (χ3v) is 5.00. The second kappa shape index (κ2) is 5.46. The maximum atomic E-state index is 12.9. The molecule has 3 aromatic rings. The number of nitrogens with zero attached hydrogens (tertiary/aromatic N) is 1. The van der Waals surface area contributed by atoms with Gasteiger partial charge in [0.2, 0.25) is 5.91 Å². The van der Waals surface area contributed by atoms with Gasteiger partial charge in [0.15, 0.2) is 0 Å². The van der Waals surface area contributed by atoms with Gasteiger partial charge in [-0.15, -0.1) is 0 Å². The minimum Gasteiger partial charge on any atom is -0.325 e. The maximum Gasteiger partial charge on any atom is 0.235 e. The van der Waals surface area contributed by atoms with E-state index in [-0.39, 0.29) is 11.3 Å². The molecular weight excluding hydrogens is 352 g/mol. The summed E-state index contributed by atoms with van der Waals surface area (Å²) < 4.78 is 1.03. The first kappa shape index (κ1) is 14.4. The average Bonchev–Trinajstić information content (AvgIpc) is 3.38. The largest absolute Gasteiger partial charge is 0.325 e. The molecule has 1 aromatic heterocycles. The number of aromatic nitrogens is 1. The molecule has 0 aliphatic heterocycles. The standard InChI is InChI=1S/C19H15BrN2O/c20-14-8-6-13(7-9-14)19(10-11-19)18(23)22-17-5-1-4-16-15(17)3-2-12-21-16/h1-9,12H,10-11H2,(H,22,23). The Balaban J connectivity index is 1.66. The number of carbonyl (C=O) groups excluding carboxylic acids is 1. The second-order valence-corrected chi connectivity index (χ2v) is 6.83. The lowest BCUT2D eigenvalue weighted by molar-refractivity contribution is -0.118. The minimum absolute atomic E-state index is 0.0659. The van der Waals surface area contributed by atoms with Gasteiger partial charge in [-0.3, -0.25) is 9.78 Å². The molecule has 2 aromatic carbocycles. The lowest BCUT2D eigenvalue weighted by Gasteiger charge is -2.17. The second-order valence-electron chi connectivity index (χ2n) is 5.92. The molecule has 0 bridgehead atoms. The van der Waals surface area contributed by atoms with E-state index in [1.54, 1.807) is 6.20 Å². The van der Waals surface area contributed by atoms with Crippen molar-refractivity contribution in [3.05, 3.63) is 70.8 Å². The number of halogens is 1. The van der Waals surface area contributed by atoms with E-state index in [9.17, 15) is 4.79 Å². The van der Waals surface area contributed by atoms with Crippen molar-refractivity contribution in [2.45, 2.75) is 18.3 Å². The van der Waals surface area contributed by atoms with E-state index in [0.717, 1.165) is 39.5 Å². The van der Waals surface area contributed by atoms with Gasteiger partial charge in [-0.1, -0.05) is 34.1 Å². The molecule has 1 amide bonds. The third-order valence-electron chi connectivity index (χ3n) is 4.48. The number of carbonyl (C=O) groups is 1. The number of pyridine rings is 1. The van der Waals surface area contributed by atoms with E-state index in [4.69, 9.17) is 0 Å². The van der Waals surface area contributed by atoms with Crippen LogP contribution in [0.2, 0.25) is 0 Å². The van der Waals surface area contributed by atoms with Gasteiger partial charge in [0.1, 0.15) is 0 Å². The summed E-state index contributed by atoms with van der Waals surface area (Å²) in [7, 11) is 0. The van der Waals surface area contributed by atoms with E-state index in [0.29, 0.717) is 0 Å². The summed E-state index contributed by atoms with van der Waals surface area (Å²) in [4.78, 5) is 17.2. The molecule has 0 saturated heterocycles. The Hall–Kier alpha value is -2.20. The topological polar surface area (TPSA) is 42.0 Å². The van der Waals surface area contributed by atoms with E-state index in [2.05, 4.69) is 26.2 Å². The number of hydrogen-bond donors (Lipinski definition) is 1. The van der Waals surface area contributed by atoms with Gasteiger partial charge in [0, 0.05) is 16.1 Å². The molecule has 23 heavy (non-hydrogen) atoms. The van der Waals surface area contributed by atoms with E-state index < -0.39 is 0 Å². The summed E-state index contributed by atoms with van der Waals surface area (Å²) in [5.74, 6) is 0.0659. The Morgan fingerprint density at radius 1 is 1.04 bits per heavy atom. The molecule has 0 unspecified atom stereocenters. The molecule has 3 nitrogen and oxygen atoms in total. The van der Waals surface area contributed by atoms with Crippen LogP contribution in [0.25, 0.3) is 10.9 Å². The van der Waals surface area contributed by atoms with Crippen LogP contribution in [0, 0.1) is 0 Å². The highest BCUT2D eigenvalue weighted by Crippen LogP contribution is 2.49. The highest BCUT2D eigenvalue weighted by atomic mass is 79.9. The van der Waals surface area contributed by atoms with Crippen LogP contribution < -0.4 is 5.32 Å². The Morgan fingerprint density at radius 2 is 1.83 bits per heavy atom. The monoisotopic (exact) mass is 366 g/mol. The van der Waals surface area contributed by atoms with Crippen LogP contribution in [0.4, 0.5) is 5.69 Å². The number of hydrogen-bond acceptors (Lipinski definition) is 2. The Kier molecular flexibility index (Phi) is 3.42. The molecule has 0 atom stereocenters. The number of anilines is 1. The van der Waals surface area contributed by atoms with Crippen molar-refractivity contribution in [3.8, 4) is 0 Å². The maximum absolute atomic E-state index is 12.9. The average molecular weight is 367 g/mol. The van der Waals surface area contributed by atoms with Gasteiger partial charge in [0.25, 0.3) is 0 Å². The molecule has 1 aliphatic rings. The molecule has 0 radical (unpaired) electrons. The van der Waals surface area contributed by atoms with Crippen molar-refractivity contribution in [1.29, 1.82) is 0 Å². The van der Waals surface area contributed by atoms with Crippen LogP contribution in [-0.4, -0.2) is 10.9 Å². The normalized spacial score (nSPS) is 15.3. The van der Waals surface area contributed by atoms with Crippen molar-refractivity contribution >= 4 is 38.4 Å². The fourth-order valence-electron chi connectivity index (χ4n) is 3.00. The van der Waals surface area contributed by atoms with Crippen molar-refractivity contribution in [2.24, 2.45) is 0 Å². The lowest BCUT2D eigenvalue weighted by atomic mass is 9.95. The predicted octanol–water partition coefficient (Wildman–Crippen LogP) is 4.67. The third kappa shape index (κ3) is 2.53. The molecular formula is C19H15BrN2O. The summed E-state index contributed by atoms with van der Waals surface area (Å²) in [5, 5.41) is 4.08. The zero-order valence-electron chi connectivity index (χ0n) is 12.4. The molecule has 4 heteroatoms. The number of fused-ring (bicyclic) bond motifs is 1. The van der Waals surface area contributed by atoms with Gasteiger partial charge >= 0.3 is 0 Å². The van der Waals surface area contributed by atoms with Crippen LogP contribution in [0.15, 0.2) is 65.3 Å². The van der Waals surface area contributed by atoms with Crippen LogP contribution >= 0.6 is 15.9 Å². The molecule has 114 valence electrons. The molecule has 4 rings (SSSR count). The summed E-state index contributed by atoms with van der Waals surface area (Å²) in [6, 6.07) is 17.7. The van der Waals surface area contributed by atoms with E-state index in [1.165, 1.54) is 0 Å². The van der Waals surface area contributed by atoms with Gasteiger partial charge in [-0.05, 0) is 54.8 Å². The minimum atomic E-state index is -0.384. The molecule has 1 aliphatic carbocycles. The summed E-state index contributed by atoms with van der Waals surface area (Å²) in [5.41, 5.74) is 2.41. The number of rotatable bonds is 3. The first-order valence-electron chi connectivity index (χ1n) is 7.60. The summed E-state index contributed by atoms with van der Waals surface area (Å²) >= 11 is 3.44. The molecule has 1 fully saturated rings. The number of nitrogens with one attached hydrogen (secondary N) is 1. The zero-order valence-corrected chi connectivity index (χ0v) is 14.0. The highest BCUT2D eigenvalue weighted by molar-refractivity contribution is 9.10. The molecule has 1 N–H and O–H groups in total. The molecule has 1 heterocycles. The Bertz CT molecular complexity index is 880. The van der Waals surface area contributed by atoms with E-state index >= 15 is 0 Å². The quantitative estimate of drug-likeness (QED) is 0.731. The van der Waals surface area contributed by atoms with Crippen LogP contribution in [-0.2, 0) is 10.2 Å². The van der Waals surface area contributed by atoms with E-state index in [1.807, 2.05) is 54.6 Å². The van der Waals surface area contributed by atoms with Gasteiger partial charge in [0.05, 0.1) is 16.6 Å². The predicted molar refractivity (Wildman–Crippen MR) is 95.4 cm³/mol. The first-order chi connectivity index (χ1) is 11.2. The van der Waals surface area contributed by atoms with Crippen molar-refractivity contribution < 1.29 is 4.79 Å². The van der Waals surface area contributed by atoms with Gasteiger partial charge in [-0.2, -0.15) is 0 Å². The smallest absolute Gasteiger partial charge is 0.235 e.